The Bertz CT molecular complexity index is 769. The third-order valence-electron chi connectivity index (χ3n) is 4.76. The molecule has 2 heterocycles. The normalized spacial score (nSPS) is 16.9. The maximum atomic E-state index is 13.4. The number of nitrogens with one attached hydrogen (secondary N) is 1. The minimum absolute atomic E-state index is 0.0965. The molecule has 0 unspecified atom stereocenters. The Labute approximate surface area is 162 Å². The number of halogens is 2. The molecule has 1 fully saturated rings. The molecule has 28 heavy (non-hydrogen) atoms. The van der Waals surface area contributed by atoms with Gasteiger partial charge in [-0.15, -0.1) is 0 Å². The largest absolute Gasteiger partial charge is 0.395 e. The molecule has 0 aromatic carbocycles. The lowest BCUT2D eigenvalue weighted by molar-refractivity contribution is -0.0361. The number of aryl methyl sites for hydroxylation is 1. The van der Waals surface area contributed by atoms with Crippen LogP contribution >= 0.6 is 0 Å². The molecule has 1 aliphatic rings. The quantitative estimate of drug-likeness (QED) is 0.625. The van der Waals surface area contributed by atoms with Crippen LogP contribution < -0.4 is 10.2 Å². The number of aromatic nitrogens is 4. The van der Waals surface area contributed by atoms with E-state index in [2.05, 4.69) is 20.4 Å². The first kappa shape index (κ1) is 20.4. The van der Waals surface area contributed by atoms with E-state index in [1.807, 2.05) is 13.0 Å². The summed E-state index contributed by atoms with van der Waals surface area (Å²) in [4.78, 5) is 10.7. The molecule has 1 saturated carbocycles. The highest BCUT2D eigenvalue weighted by Gasteiger charge is 2.35. The van der Waals surface area contributed by atoms with Crippen LogP contribution in [0, 0.1) is 6.92 Å². The monoisotopic (exact) mass is 396 g/mol. The first-order valence-electron chi connectivity index (χ1n) is 9.43. The molecule has 3 N–H and O–H groups in total. The van der Waals surface area contributed by atoms with Crippen LogP contribution in [0.1, 0.15) is 31.4 Å². The van der Waals surface area contributed by atoms with Gasteiger partial charge in [-0.2, -0.15) is 15.1 Å². The number of nitrogens with zero attached hydrogens (tertiary/aromatic N) is 5. The fraction of sp³-hybridized carbons (Fsp3) is 0.611. The summed E-state index contributed by atoms with van der Waals surface area (Å²) in [7, 11) is 0. The molecule has 8 nitrogen and oxygen atoms in total. The lowest BCUT2D eigenvalue weighted by Gasteiger charge is -2.29. The van der Waals surface area contributed by atoms with Gasteiger partial charge in [-0.3, -0.25) is 0 Å². The molecule has 154 valence electrons. The number of aliphatic hydroxyl groups excluding tert-OH is 2. The van der Waals surface area contributed by atoms with Gasteiger partial charge in [0.05, 0.1) is 18.9 Å². The molecule has 3 rings (SSSR count). The van der Waals surface area contributed by atoms with Crippen LogP contribution in [0.2, 0.25) is 0 Å². The van der Waals surface area contributed by atoms with E-state index in [1.54, 1.807) is 17.2 Å². The van der Waals surface area contributed by atoms with E-state index in [-0.39, 0.29) is 32.1 Å². The molecule has 0 amide bonds. The molecular weight excluding hydrogens is 370 g/mol. The molecule has 0 radical (unpaired) electrons. The molecule has 2 aromatic heterocycles. The average molecular weight is 396 g/mol. The van der Waals surface area contributed by atoms with Crippen LogP contribution in [-0.4, -0.2) is 68.2 Å². The zero-order valence-corrected chi connectivity index (χ0v) is 15.9. The highest BCUT2D eigenvalue weighted by Crippen LogP contribution is 2.34. The summed E-state index contributed by atoms with van der Waals surface area (Å²) < 4.78 is 28.4. The van der Waals surface area contributed by atoms with Gasteiger partial charge in [-0.05, 0) is 25.8 Å². The van der Waals surface area contributed by atoms with Crippen molar-refractivity contribution in [1.29, 1.82) is 0 Å². The number of rotatable bonds is 8. The van der Waals surface area contributed by atoms with Crippen molar-refractivity contribution in [2.24, 2.45) is 0 Å². The van der Waals surface area contributed by atoms with Crippen molar-refractivity contribution in [1.82, 2.24) is 19.7 Å². The predicted molar refractivity (Wildman–Crippen MR) is 101 cm³/mol. The Hall–Kier alpha value is -2.33. The van der Waals surface area contributed by atoms with Gasteiger partial charge in [0, 0.05) is 44.2 Å². The van der Waals surface area contributed by atoms with Crippen LogP contribution in [0.5, 0.6) is 0 Å². The molecule has 0 bridgehead atoms. The first-order chi connectivity index (χ1) is 13.4. The summed E-state index contributed by atoms with van der Waals surface area (Å²) in [5, 5.41) is 26.2. The zero-order valence-electron chi connectivity index (χ0n) is 15.9. The summed E-state index contributed by atoms with van der Waals surface area (Å²) in [6.45, 7) is 2.25. The zero-order chi connectivity index (χ0) is 20.1. The summed E-state index contributed by atoms with van der Waals surface area (Å²) in [6.07, 6.45) is 2.17. The number of aliphatic hydroxyl groups is 2. The second-order valence-electron chi connectivity index (χ2n) is 7.02. The molecule has 0 spiro atoms. The summed E-state index contributed by atoms with van der Waals surface area (Å²) in [5.74, 6) is -1.24. The summed E-state index contributed by atoms with van der Waals surface area (Å²) >= 11 is 0. The van der Waals surface area contributed by atoms with Crippen molar-refractivity contribution in [3.8, 4) is 5.95 Å². The second kappa shape index (κ2) is 8.78. The van der Waals surface area contributed by atoms with Gasteiger partial charge >= 0.3 is 0 Å². The number of hydrogen-bond acceptors (Lipinski definition) is 7. The van der Waals surface area contributed by atoms with Crippen molar-refractivity contribution in [3.05, 3.63) is 24.0 Å². The Balaban J connectivity index is 1.88. The fourth-order valence-electron chi connectivity index (χ4n) is 3.26. The minimum Gasteiger partial charge on any atom is -0.395 e. The highest BCUT2D eigenvalue weighted by atomic mass is 19.3. The fourth-order valence-corrected chi connectivity index (χ4v) is 3.26. The summed E-state index contributed by atoms with van der Waals surface area (Å²) in [5.41, 5.74) is 0.806. The van der Waals surface area contributed by atoms with Crippen LogP contribution in [0.25, 0.3) is 5.95 Å². The van der Waals surface area contributed by atoms with E-state index < -0.39 is 5.92 Å². The van der Waals surface area contributed by atoms with Crippen molar-refractivity contribution < 1.29 is 19.0 Å². The Morgan fingerprint density at radius 3 is 2.46 bits per heavy atom. The van der Waals surface area contributed by atoms with Crippen LogP contribution in [0.3, 0.4) is 0 Å². The van der Waals surface area contributed by atoms with Crippen LogP contribution in [-0.2, 0) is 0 Å². The Morgan fingerprint density at radius 2 is 1.89 bits per heavy atom. The molecule has 10 heteroatoms. The molecule has 0 atom stereocenters. The van der Waals surface area contributed by atoms with Crippen molar-refractivity contribution in [2.45, 2.75) is 44.6 Å². The highest BCUT2D eigenvalue weighted by molar-refractivity contribution is 5.52. The third kappa shape index (κ3) is 5.14. The van der Waals surface area contributed by atoms with E-state index in [0.29, 0.717) is 43.5 Å². The van der Waals surface area contributed by atoms with Gasteiger partial charge in [0.2, 0.25) is 5.92 Å². The topological polar surface area (TPSA) is 99.3 Å². The van der Waals surface area contributed by atoms with Crippen LogP contribution in [0.15, 0.2) is 18.3 Å². The lowest BCUT2D eigenvalue weighted by Crippen LogP contribution is -2.33. The number of alkyl halides is 2. The van der Waals surface area contributed by atoms with E-state index in [4.69, 9.17) is 0 Å². The van der Waals surface area contributed by atoms with Crippen LogP contribution in [0.4, 0.5) is 20.4 Å². The van der Waals surface area contributed by atoms with Gasteiger partial charge in [-0.1, -0.05) is 0 Å². The first-order valence-corrected chi connectivity index (χ1v) is 9.43. The van der Waals surface area contributed by atoms with Crippen molar-refractivity contribution >= 4 is 11.6 Å². The molecule has 0 aliphatic heterocycles. The summed E-state index contributed by atoms with van der Waals surface area (Å²) in [6, 6.07) is 3.43. The van der Waals surface area contributed by atoms with Gasteiger partial charge < -0.3 is 20.4 Å². The van der Waals surface area contributed by atoms with E-state index >= 15 is 0 Å². The molecule has 2 aromatic rings. The predicted octanol–water partition coefficient (Wildman–Crippen LogP) is 1.75. The average Bonchev–Trinajstić information content (AvgIpc) is 3.10. The molecule has 0 saturated heterocycles. The van der Waals surface area contributed by atoms with Crippen molar-refractivity contribution in [2.75, 3.05) is 36.5 Å². The van der Waals surface area contributed by atoms with E-state index in [1.165, 1.54) is 4.68 Å². The van der Waals surface area contributed by atoms with E-state index in [0.717, 1.165) is 5.69 Å². The number of anilines is 2. The second-order valence-corrected chi connectivity index (χ2v) is 7.02. The maximum absolute atomic E-state index is 13.4. The molecule has 1 aliphatic carbocycles. The van der Waals surface area contributed by atoms with Crippen molar-refractivity contribution in [3.63, 3.8) is 0 Å². The lowest BCUT2D eigenvalue weighted by atomic mass is 9.92. The third-order valence-corrected chi connectivity index (χ3v) is 4.76. The Morgan fingerprint density at radius 1 is 1.21 bits per heavy atom. The van der Waals surface area contributed by atoms with E-state index in [9.17, 15) is 19.0 Å². The van der Waals surface area contributed by atoms with Gasteiger partial charge in [0.25, 0.3) is 5.95 Å². The Kier molecular flexibility index (Phi) is 6.40. The van der Waals surface area contributed by atoms with Gasteiger partial charge in [0.1, 0.15) is 11.6 Å². The maximum Gasteiger partial charge on any atom is 0.254 e. The van der Waals surface area contributed by atoms with Gasteiger partial charge in [0.15, 0.2) is 0 Å². The smallest absolute Gasteiger partial charge is 0.254 e. The standard InChI is InChI=1S/C18H26F2N6O2/c1-13-4-7-26(24-13)17-22-15(21-14-2-5-18(19,20)6-3-14)12-16(23-17)25(8-10-27)9-11-28/h4,7,12,14,27-28H,2-3,5-6,8-11H2,1H3,(H,21,22,23). The SMILES string of the molecule is Cc1ccn(-c2nc(NC3CCC(F)(F)CC3)cc(N(CCO)CCO)n2)n1. The minimum atomic E-state index is -2.59. The number of hydrogen-bond donors (Lipinski definition) is 3. The van der Waals surface area contributed by atoms with Gasteiger partial charge in [-0.25, -0.2) is 13.5 Å². The molecular formula is C18H26F2N6O2.